The molecule has 21 heavy (non-hydrogen) atoms. The Labute approximate surface area is 146 Å². The molecule has 0 fully saturated rings. The number of alkyl halides is 5. The van der Waals surface area contributed by atoms with E-state index in [1.807, 2.05) is 0 Å². The smallest absolute Gasteiger partial charge is 0.185 e. The van der Waals surface area contributed by atoms with Gasteiger partial charge in [0.05, 0.1) is 0 Å². The zero-order chi connectivity index (χ0) is 16.7. The standard InChI is InChI=1S/C6H4F5N2.BF3O3.K/c7-5(8,6(9,10)11)4-13-3-1-2-12-13;2-5-1(6-3)7-4;/h2-3H,4H2;;. The van der Waals surface area contributed by atoms with Crippen molar-refractivity contribution in [2.45, 2.75) is 18.6 Å². The second kappa shape index (κ2) is 9.39. The SMILES string of the molecule is FC(F)(F)C(F)(F)Cn1c[c]([K])cn1.FOB(OF)OF. The molecule has 0 spiro atoms. The van der Waals surface area contributed by atoms with E-state index >= 15 is 0 Å². The van der Waals surface area contributed by atoms with Crippen LogP contribution in [-0.4, -0.2) is 78.2 Å². The zero-order valence-electron chi connectivity index (χ0n) is 10.1. The minimum atomic E-state index is -5.52. The molecule has 1 aromatic heterocycles. The topological polar surface area (TPSA) is 45.5 Å². The van der Waals surface area contributed by atoms with E-state index in [-0.39, 0.29) is 49.0 Å². The Balaban J connectivity index is 0.000000486. The molecule has 0 aromatic carbocycles. The molecule has 0 saturated heterocycles. The van der Waals surface area contributed by atoms with Crippen LogP contribution in [0, 0.1) is 0 Å². The van der Waals surface area contributed by atoms with Gasteiger partial charge in [-0.2, -0.15) is 14.6 Å². The number of rotatable bonds is 5. The van der Waals surface area contributed by atoms with Gasteiger partial charge < -0.3 is 0 Å². The number of hydrogen-bond donors (Lipinski definition) is 0. The molecule has 0 bridgehead atoms. The second-order valence-corrected chi connectivity index (χ2v) is 5.28. The van der Waals surface area contributed by atoms with Crippen molar-refractivity contribution in [2.24, 2.45) is 0 Å². The van der Waals surface area contributed by atoms with Crippen molar-refractivity contribution in [3.05, 3.63) is 12.4 Å². The van der Waals surface area contributed by atoms with Crippen LogP contribution in [0.1, 0.15) is 0 Å². The van der Waals surface area contributed by atoms with Gasteiger partial charge in [-0.1, -0.05) is 13.6 Å². The van der Waals surface area contributed by atoms with E-state index in [9.17, 15) is 35.5 Å². The van der Waals surface area contributed by atoms with Gasteiger partial charge in [0.15, 0.2) is 0 Å². The average molecular weight is 354 g/mol. The first kappa shape index (κ1) is 21.2. The van der Waals surface area contributed by atoms with Gasteiger partial charge in [-0.15, -0.1) is 0 Å². The molecule has 0 aliphatic rings. The minimum absolute atomic E-state index is 0.221. The molecule has 0 atom stereocenters. The van der Waals surface area contributed by atoms with Crippen LogP contribution in [0.2, 0.25) is 0 Å². The van der Waals surface area contributed by atoms with Gasteiger partial charge in [0.1, 0.15) is 0 Å². The average Bonchev–Trinajstić information content (AvgIpc) is 2.75. The maximum absolute atomic E-state index is 12.5. The van der Waals surface area contributed by atoms with Gasteiger partial charge in [0, 0.05) is 0 Å². The molecule has 0 N–H and O–H groups in total. The van der Waals surface area contributed by atoms with Gasteiger partial charge in [0.2, 0.25) is 0 Å². The summed E-state index contributed by atoms with van der Waals surface area (Å²) in [7, 11) is -2.51. The third-order valence-electron chi connectivity index (χ3n) is 1.76. The van der Waals surface area contributed by atoms with Crippen molar-refractivity contribution >= 4 is 55.9 Å². The third kappa shape index (κ3) is 7.87. The fourth-order valence-corrected chi connectivity index (χ4v) is 1.53. The molecule has 1 aromatic rings. The van der Waals surface area contributed by atoms with Crippen LogP contribution in [0.3, 0.4) is 0 Å². The van der Waals surface area contributed by atoms with E-state index in [0.717, 1.165) is -0.342 Å². The Bertz CT molecular complexity index is 409. The molecule has 15 heteroatoms. The monoisotopic (exact) mass is 354 g/mol. The molecule has 0 radical (unpaired) electrons. The van der Waals surface area contributed by atoms with Crippen molar-refractivity contribution in [1.82, 2.24) is 9.78 Å². The quantitative estimate of drug-likeness (QED) is 0.595. The zero-order valence-corrected chi connectivity index (χ0v) is 13.2. The molecule has 0 saturated carbocycles. The van der Waals surface area contributed by atoms with Gasteiger partial charge in [-0.25, -0.2) is 0 Å². The van der Waals surface area contributed by atoms with E-state index < -0.39 is 26.0 Å². The van der Waals surface area contributed by atoms with Gasteiger partial charge in [-0.3, -0.25) is 0 Å². The molecule has 0 aliphatic heterocycles. The number of halogens is 8. The number of hydrogen-bond acceptors (Lipinski definition) is 4. The number of nitrogens with zero attached hydrogens (tertiary/aromatic N) is 2. The summed E-state index contributed by atoms with van der Waals surface area (Å²) in [6, 6.07) is 0. The van der Waals surface area contributed by atoms with Crippen LogP contribution in [0.5, 0.6) is 0 Å². The fraction of sp³-hybridized carbons (Fsp3) is 0.500. The predicted octanol–water partition coefficient (Wildman–Crippen LogP) is 1.55. The Hall–Kier alpha value is 0.231. The first-order valence-electron chi connectivity index (χ1n) is 4.83. The predicted molar refractivity (Wildman–Crippen MR) is 51.0 cm³/mol. The summed E-state index contributed by atoms with van der Waals surface area (Å²) in [6.45, 7) is -1.45. The van der Waals surface area contributed by atoms with Crippen LogP contribution >= 0.6 is 0 Å². The summed E-state index contributed by atoms with van der Waals surface area (Å²) >= 11 is 0.221. The fourth-order valence-electron chi connectivity index (χ4n) is 0.888. The second-order valence-electron chi connectivity index (χ2n) is 3.47. The Morgan fingerprint density at radius 2 is 1.57 bits per heavy atom. The summed E-state index contributed by atoms with van der Waals surface area (Å²) in [5.74, 6) is -4.72. The summed E-state index contributed by atoms with van der Waals surface area (Å²) in [5.41, 5.74) is 0. The van der Waals surface area contributed by atoms with E-state index in [0.29, 0.717) is 4.68 Å². The molecule has 1 heterocycles. The van der Waals surface area contributed by atoms with Gasteiger partial charge >= 0.3 is 119 Å². The molecule has 5 nitrogen and oxygen atoms in total. The van der Waals surface area contributed by atoms with Crippen molar-refractivity contribution in [3.63, 3.8) is 0 Å². The molecule has 1 rings (SSSR count). The van der Waals surface area contributed by atoms with Crippen LogP contribution in [0.15, 0.2) is 12.4 Å². The van der Waals surface area contributed by atoms with Crippen molar-refractivity contribution < 1.29 is 50.1 Å². The first-order valence-corrected chi connectivity index (χ1v) is 6.39. The minimum Gasteiger partial charge on any atom is -0.185 e. The van der Waals surface area contributed by atoms with Crippen LogP contribution in [-0.2, 0) is 21.1 Å². The van der Waals surface area contributed by atoms with E-state index in [1.54, 1.807) is 0 Å². The third-order valence-corrected chi connectivity index (χ3v) is 2.56. The van der Waals surface area contributed by atoms with E-state index in [4.69, 9.17) is 0 Å². The number of aromatic nitrogens is 2. The van der Waals surface area contributed by atoms with Crippen LogP contribution < -0.4 is -0.342 Å². The molecular formula is C6H4BF8KN2O3. The normalized spacial score (nSPS) is 11.9. The maximum Gasteiger partial charge on any atom is 0.737 e. The molecule has 0 aliphatic carbocycles. The summed E-state index contributed by atoms with van der Waals surface area (Å²) < 4.78 is 92.8. The van der Waals surface area contributed by atoms with E-state index in [1.165, 1.54) is 12.4 Å². The Kier molecular flexibility index (Phi) is 9.49. The van der Waals surface area contributed by atoms with Crippen molar-refractivity contribution in [2.75, 3.05) is 0 Å². The molecule has 116 valence electrons. The van der Waals surface area contributed by atoms with Crippen LogP contribution in [0.25, 0.3) is 0 Å². The Morgan fingerprint density at radius 3 is 1.81 bits per heavy atom. The first-order chi connectivity index (χ1) is 9.57. The van der Waals surface area contributed by atoms with Gasteiger partial charge in [-0.05, 0) is 0 Å². The van der Waals surface area contributed by atoms with E-state index in [2.05, 4.69) is 19.7 Å². The summed E-state index contributed by atoms with van der Waals surface area (Å²) in [4.78, 5) is 7.06. The van der Waals surface area contributed by atoms with Gasteiger partial charge in [0.25, 0.3) is 0 Å². The molecule has 0 unspecified atom stereocenters. The van der Waals surface area contributed by atoms with Crippen molar-refractivity contribution in [1.29, 1.82) is 0 Å². The summed E-state index contributed by atoms with van der Waals surface area (Å²) in [6.07, 6.45) is -3.01. The van der Waals surface area contributed by atoms with Crippen molar-refractivity contribution in [3.8, 4) is 0 Å². The molecular weight excluding hydrogens is 350 g/mol. The maximum atomic E-state index is 12.5. The van der Waals surface area contributed by atoms with Crippen LogP contribution in [0.4, 0.5) is 35.5 Å². The largest absolute Gasteiger partial charge is 0.737 e. The summed E-state index contributed by atoms with van der Waals surface area (Å²) in [5, 5.41) is 3.40. The Morgan fingerprint density at radius 1 is 1.10 bits per heavy atom. The molecule has 0 amide bonds.